The van der Waals surface area contributed by atoms with Gasteiger partial charge in [-0.15, -0.1) is 0 Å². The molecule has 112 valence electrons. The summed E-state index contributed by atoms with van der Waals surface area (Å²) in [6, 6.07) is 6.22. The van der Waals surface area contributed by atoms with Crippen LogP contribution in [0.25, 0.3) is 0 Å². The summed E-state index contributed by atoms with van der Waals surface area (Å²) < 4.78 is 28.5. The molecule has 0 saturated carbocycles. The van der Waals surface area contributed by atoms with E-state index in [0.29, 0.717) is 24.1 Å². The zero-order chi connectivity index (χ0) is 15.5. The van der Waals surface area contributed by atoms with Gasteiger partial charge in [0.2, 0.25) is 11.8 Å². The van der Waals surface area contributed by atoms with Gasteiger partial charge in [0, 0.05) is 24.6 Å². The highest BCUT2D eigenvalue weighted by Gasteiger charge is 2.09. The highest BCUT2D eigenvalue weighted by atomic mass is 32.2. The van der Waals surface area contributed by atoms with Crippen LogP contribution < -0.4 is 10.1 Å². The van der Waals surface area contributed by atoms with Crippen molar-refractivity contribution < 1.29 is 13.2 Å². The summed E-state index contributed by atoms with van der Waals surface area (Å²) in [5.74, 6) is 1.45. The number of anilines is 1. The molecule has 0 saturated heterocycles. The minimum atomic E-state index is -3.21. The molecule has 1 aromatic carbocycles. The number of aryl methyl sites for hydroxylation is 1. The smallest absolute Gasteiger partial charge is 0.226 e. The van der Waals surface area contributed by atoms with Gasteiger partial charge in [0.1, 0.15) is 5.75 Å². The van der Waals surface area contributed by atoms with Crippen molar-refractivity contribution in [2.24, 2.45) is 0 Å². The predicted octanol–water partition coefficient (Wildman–Crippen LogP) is 2.41. The van der Waals surface area contributed by atoms with E-state index in [2.05, 4.69) is 15.3 Å². The second-order valence-corrected chi connectivity index (χ2v) is 6.57. The van der Waals surface area contributed by atoms with Gasteiger partial charge in [-0.05, 0) is 38.1 Å². The van der Waals surface area contributed by atoms with Gasteiger partial charge in [-0.2, -0.15) is 4.98 Å². The van der Waals surface area contributed by atoms with Crippen LogP contribution in [-0.2, 0) is 9.84 Å². The fourth-order valence-electron chi connectivity index (χ4n) is 1.64. The molecular formula is C14H17N3O3S. The van der Waals surface area contributed by atoms with E-state index >= 15 is 0 Å². The molecule has 0 aliphatic rings. The van der Waals surface area contributed by atoms with E-state index in [1.165, 1.54) is 18.4 Å². The van der Waals surface area contributed by atoms with E-state index < -0.39 is 9.84 Å². The first-order valence-corrected chi connectivity index (χ1v) is 8.35. The molecule has 0 bridgehead atoms. The third-order valence-corrected chi connectivity index (χ3v) is 3.86. The Labute approximate surface area is 124 Å². The van der Waals surface area contributed by atoms with Gasteiger partial charge in [0.15, 0.2) is 9.84 Å². The number of ether oxygens (including phenoxy) is 1. The maximum atomic E-state index is 11.4. The fourth-order valence-corrected chi connectivity index (χ4v) is 2.27. The molecule has 2 aromatic rings. The highest BCUT2D eigenvalue weighted by Crippen LogP contribution is 2.24. The third-order valence-electron chi connectivity index (χ3n) is 2.73. The third kappa shape index (κ3) is 3.91. The van der Waals surface area contributed by atoms with E-state index in [-0.39, 0.29) is 4.90 Å². The summed E-state index contributed by atoms with van der Waals surface area (Å²) in [7, 11) is -3.21. The molecule has 1 N–H and O–H groups in total. The summed E-state index contributed by atoms with van der Waals surface area (Å²) in [6.07, 6.45) is 2.84. The molecule has 0 unspecified atom stereocenters. The lowest BCUT2D eigenvalue weighted by Crippen LogP contribution is -2.03. The first-order chi connectivity index (χ1) is 9.90. The Balaban J connectivity index is 2.23. The standard InChI is InChI=1S/C14H17N3O3S/c1-4-15-14-16-9-10(2)13(17-14)20-11-5-7-12(8-6-11)21(3,18)19/h5-9H,4H2,1-3H3,(H,15,16,17). The Hall–Kier alpha value is -2.15. The van der Waals surface area contributed by atoms with Crippen LogP contribution >= 0.6 is 0 Å². The summed E-state index contributed by atoms with van der Waals surface area (Å²) in [5, 5.41) is 3.01. The van der Waals surface area contributed by atoms with Crippen LogP contribution in [0.4, 0.5) is 5.95 Å². The van der Waals surface area contributed by atoms with Crippen molar-refractivity contribution in [1.29, 1.82) is 0 Å². The van der Waals surface area contributed by atoms with Crippen LogP contribution in [0.1, 0.15) is 12.5 Å². The molecule has 2 rings (SSSR count). The zero-order valence-corrected chi connectivity index (χ0v) is 12.9. The van der Waals surface area contributed by atoms with E-state index in [4.69, 9.17) is 4.74 Å². The first kappa shape index (κ1) is 15.2. The Bertz CT molecular complexity index is 728. The Morgan fingerprint density at radius 2 is 1.90 bits per heavy atom. The SMILES string of the molecule is CCNc1ncc(C)c(Oc2ccc(S(C)(=O)=O)cc2)n1. The van der Waals surface area contributed by atoms with Crippen molar-refractivity contribution in [2.45, 2.75) is 18.7 Å². The highest BCUT2D eigenvalue weighted by molar-refractivity contribution is 7.90. The van der Waals surface area contributed by atoms with Gasteiger partial charge in [0.05, 0.1) is 4.90 Å². The first-order valence-electron chi connectivity index (χ1n) is 6.45. The number of hydrogen-bond acceptors (Lipinski definition) is 6. The van der Waals surface area contributed by atoms with Crippen molar-refractivity contribution in [3.8, 4) is 11.6 Å². The van der Waals surface area contributed by atoms with Gasteiger partial charge < -0.3 is 10.1 Å². The minimum Gasteiger partial charge on any atom is -0.439 e. The normalized spacial score (nSPS) is 11.2. The van der Waals surface area contributed by atoms with E-state index in [9.17, 15) is 8.42 Å². The van der Waals surface area contributed by atoms with Gasteiger partial charge in [-0.3, -0.25) is 0 Å². The van der Waals surface area contributed by atoms with Crippen molar-refractivity contribution >= 4 is 15.8 Å². The molecule has 21 heavy (non-hydrogen) atoms. The summed E-state index contributed by atoms with van der Waals surface area (Å²) >= 11 is 0. The fraction of sp³-hybridized carbons (Fsp3) is 0.286. The van der Waals surface area contributed by atoms with Crippen LogP contribution in [0.5, 0.6) is 11.6 Å². The average Bonchev–Trinajstić information content (AvgIpc) is 2.42. The second kappa shape index (κ2) is 6.09. The molecule has 0 aliphatic heterocycles. The summed E-state index contributed by atoms with van der Waals surface area (Å²) in [4.78, 5) is 8.65. The largest absolute Gasteiger partial charge is 0.439 e. The number of benzene rings is 1. The minimum absolute atomic E-state index is 0.252. The lowest BCUT2D eigenvalue weighted by molar-refractivity contribution is 0.457. The number of nitrogens with zero attached hydrogens (tertiary/aromatic N) is 2. The van der Waals surface area contributed by atoms with Gasteiger partial charge in [0.25, 0.3) is 0 Å². The van der Waals surface area contributed by atoms with E-state index in [0.717, 1.165) is 5.56 Å². The van der Waals surface area contributed by atoms with E-state index in [1.54, 1.807) is 18.3 Å². The molecule has 0 fully saturated rings. The number of nitrogens with one attached hydrogen (secondary N) is 1. The summed E-state index contributed by atoms with van der Waals surface area (Å²) in [5.41, 5.74) is 0.795. The monoisotopic (exact) mass is 307 g/mol. The molecule has 7 heteroatoms. The Morgan fingerprint density at radius 3 is 2.48 bits per heavy atom. The number of hydrogen-bond donors (Lipinski definition) is 1. The van der Waals surface area contributed by atoms with Gasteiger partial charge >= 0.3 is 0 Å². The second-order valence-electron chi connectivity index (χ2n) is 4.56. The number of sulfone groups is 1. The molecular weight excluding hydrogens is 290 g/mol. The molecule has 1 aromatic heterocycles. The van der Waals surface area contributed by atoms with Crippen LogP contribution in [0, 0.1) is 6.92 Å². The lowest BCUT2D eigenvalue weighted by atomic mass is 10.3. The van der Waals surface area contributed by atoms with Crippen LogP contribution in [0.3, 0.4) is 0 Å². The van der Waals surface area contributed by atoms with Gasteiger partial charge in [-0.1, -0.05) is 0 Å². The van der Waals surface area contributed by atoms with Gasteiger partial charge in [-0.25, -0.2) is 13.4 Å². The average molecular weight is 307 g/mol. The molecule has 0 aliphatic carbocycles. The molecule has 0 atom stereocenters. The quantitative estimate of drug-likeness (QED) is 0.913. The van der Waals surface area contributed by atoms with Crippen LogP contribution in [0.2, 0.25) is 0 Å². The van der Waals surface area contributed by atoms with Crippen molar-refractivity contribution in [2.75, 3.05) is 18.1 Å². The predicted molar refractivity (Wildman–Crippen MR) is 80.6 cm³/mol. The molecule has 0 amide bonds. The maximum Gasteiger partial charge on any atom is 0.226 e. The van der Waals surface area contributed by atoms with Crippen LogP contribution in [-0.4, -0.2) is 31.2 Å². The molecule has 6 nitrogen and oxygen atoms in total. The number of aromatic nitrogens is 2. The molecule has 1 heterocycles. The van der Waals surface area contributed by atoms with Crippen LogP contribution in [0.15, 0.2) is 35.4 Å². The Morgan fingerprint density at radius 1 is 1.24 bits per heavy atom. The topological polar surface area (TPSA) is 81.2 Å². The molecule has 0 radical (unpaired) electrons. The van der Waals surface area contributed by atoms with Crippen molar-refractivity contribution in [3.05, 3.63) is 36.0 Å². The Kier molecular flexibility index (Phi) is 4.42. The maximum absolute atomic E-state index is 11.4. The zero-order valence-electron chi connectivity index (χ0n) is 12.1. The van der Waals surface area contributed by atoms with E-state index in [1.807, 2.05) is 13.8 Å². The summed E-state index contributed by atoms with van der Waals surface area (Å²) in [6.45, 7) is 4.51. The van der Waals surface area contributed by atoms with Crippen molar-refractivity contribution in [1.82, 2.24) is 9.97 Å². The number of rotatable bonds is 5. The van der Waals surface area contributed by atoms with Crippen molar-refractivity contribution in [3.63, 3.8) is 0 Å². The molecule has 0 spiro atoms. The lowest BCUT2D eigenvalue weighted by Gasteiger charge is -2.09.